The Labute approximate surface area is 175 Å². The molecule has 0 spiro atoms. The van der Waals surface area contributed by atoms with Crippen LogP contribution in [0.15, 0.2) is 0 Å². The molecule has 0 heterocycles. The van der Waals surface area contributed by atoms with E-state index in [-0.39, 0.29) is 18.8 Å². The molecular formula is C18H34N6O6. The van der Waals surface area contributed by atoms with Gasteiger partial charge < -0.3 is 38.3 Å². The van der Waals surface area contributed by atoms with Gasteiger partial charge in [-0.25, -0.2) is 4.79 Å². The maximum absolute atomic E-state index is 12.4. The van der Waals surface area contributed by atoms with Crippen molar-refractivity contribution >= 4 is 29.6 Å². The normalized spacial score (nSPS) is 14.7. The molecule has 4 unspecified atom stereocenters. The van der Waals surface area contributed by atoms with Gasteiger partial charge in [0.2, 0.25) is 23.6 Å². The van der Waals surface area contributed by atoms with Gasteiger partial charge in [0.15, 0.2) is 0 Å². The van der Waals surface area contributed by atoms with E-state index >= 15 is 0 Å². The van der Waals surface area contributed by atoms with Gasteiger partial charge in [0, 0.05) is 0 Å². The summed E-state index contributed by atoms with van der Waals surface area (Å²) in [5.41, 5.74) is 16.0. The lowest BCUT2D eigenvalue weighted by Gasteiger charge is -2.22. The highest BCUT2D eigenvalue weighted by Crippen LogP contribution is 2.07. The number of nitrogens with one attached hydrogen (secondary N) is 3. The topological polar surface area (TPSA) is 220 Å². The van der Waals surface area contributed by atoms with E-state index in [0.717, 1.165) is 0 Å². The summed E-state index contributed by atoms with van der Waals surface area (Å²) in [6.45, 7) is 3.43. The molecule has 0 aromatic heterocycles. The maximum atomic E-state index is 12.4. The molecule has 12 nitrogen and oxygen atoms in total. The van der Waals surface area contributed by atoms with Crippen LogP contribution in [0.3, 0.4) is 0 Å². The molecule has 172 valence electrons. The fourth-order valence-electron chi connectivity index (χ4n) is 2.55. The number of nitrogens with two attached hydrogens (primary N) is 3. The molecule has 0 aliphatic rings. The van der Waals surface area contributed by atoms with Gasteiger partial charge in [0.05, 0.1) is 19.0 Å². The zero-order valence-electron chi connectivity index (χ0n) is 17.5. The molecule has 30 heavy (non-hydrogen) atoms. The van der Waals surface area contributed by atoms with Gasteiger partial charge in [0.1, 0.15) is 12.1 Å². The van der Waals surface area contributed by atoms with Crippen LogP contribution < -0.4 is 33.2 Å². The lowest BCUT2D eigenvalue weighted by atomic mass is 9.99. The summed E-state index contributed by atoms with van der Waals surface area (Å²) in [7, 11) is 0. The minimum Gasteiger partial charge on any atom is -0.480 e. The van der Waals surface area contributed by atoms with E-state index in [0.29, 0.717) is 25.8 Å². The van der Waals surface area contributed by atoms with E-state index in [4.69, 9.17) is 17.2 Å². The zero-order valence-corrected chi connectivity index (χ0v) is 17.5. The second-order valence-corrected chi connectivity index (χ2v) is 7.11. The summed E-state index contributed by atoms with van der Waals surface area (Å²) in [4.78, 5) is 58.8. The van der Waals surface area contributed by atoms with E-state index in [1.54, 1.807) is 13.8 Å². The highest BCUT2D eigenvalue weighted by molar-refractivity contribution is 5.93. The molecule has 0 saturated heterocycles. The smallest absolute Gasteiger partial charge is 0.326 e. The fourth-order valence-corrected chi connectivity index (χ4v) is 2.55. The van der Waals surface area contributed by atoms with Crippen molar-refractivity contribution in [2.45, 2.75) is 64.1 Å². The van der Waals surface area contributed by atoms with Crippen molar-refractivity contribution in [3.63, 3.8) is 0 Å². The molecule has 0 bridgehead atoms. The van der Waals surface area contributed by atoms with Crippen molar-refractivity contribution in [1.82, 2.24) is 16.0 Å². The number of carboxylic acids is 1. The van der Waals surface area contributed by atoms with Crippen LogP contribution in [0.1, 0.15) is 46.0 Å². The molecule has 0 aliphatic heterocycles. The third kappa shape index (κ3) is 10.7. The van der Waals surface area contributed by atoms with Crippen molar-refractivity contribution in [1.29, 1.82) is 0 Å². The number of primary amides is 1. The molecule has 0 aromatic carbocycles. The van der Waals surface area contributed by atoms with Crippen molar-refractivity contribution in [2.24, 2.45) is 23.1 Å². The SMILES string of the molecule is CCC(C)C(NC(=O)CNC(=O)C(CCCCN)NC(=O)C(N)CC(N)=O)C(=O)O. The van der Waals surface area contributed by atoms with Crippen molar-refractivity contribution < 1.29 is 29.1 Å². The lowest BCUT2D eigenvalue weighted by molar-refractivity contribution is -0.143. The van der Waals surface area contributed by atoms with Gasteiger partial charge in [-0.1, -0.05) is 20.3 Å². The van der Waals surface area contributed by atoms with E-state index in [2.05, 4.69) is 16.0 Å². The second kappa shape index (κ2) is 14.3. The molecule has 0 radical (unpaired) electrons. The van der Waals surface area contributed by atoms with Crippen LogP contribution in [0, 0.1) is 5.92 Å². The predicted octanol–water partition coefficient (Wildman–Crippen LogP) is -2.47. The first-order valence-corrected chi connectivity index (χ1v) is 9.87. The van der Waals surface area contributed by atoms with Crippen LogP contribution in [-0.4, -0.2) is 65.9 Å². The Morgan fingerprint density at radius 3 is 2.17 bits per heavy atom. The quantitative estimate of drug-likeness (QED) is 0.138. The summed E-state index contributed by atoms with van der Waals surface area (Å²) in [5.74, 6) is -4.26. The molecule has 0 fully saturated rings. The number of rotatable bonds is 15. The number of aliphatic carboxylic acids is 1. The highest BCUT2D eigenvalue weighted by Gasteiger charge is 2.27. The summed E-state index contributed by atoms with van der Waals surface area (Å²) in [6.07, 6.45) is 1.55. The lowest BCUT2D eigenvalue weighted by Crippen LogP contribution is -2.54. The van der Waals surface area contributed by atoms with Gasteiger partial charge in [-0.2, -0.15) is 0 Å². The Morgan fingerprint density at radius 2 is 1.67 bits per heavy atom. The Balaban J connectivity index is 4.90. The Hall–Kier alpha value is -2.73. The van der Waals surface area contributed by atoms with Crippen molar-refractivity contribution in [3.05, 3.63) is 0 Å². The molecule has 4 amide bonds. The van der Waals surface area contributed by atoms with E-state index < -0.39 is 54.3 Å². The van der Waals surface area contributed by atoms with Crippen molar-refractivity contribution in [2.75, 3.05) is 13.1 Å². The number of carboxylic acid groups (broad SMARTS) is 1. The first-order chi connectivity index (χ1) is 14.0. The number of carbonyl (C=O) groups is 5. The van der Waals surface area contributed by atoms with E-state index in [1.807, 2.05) is 0 Å². The number of amides is 4. The first-order valence-electron chi connectivity index (χ1n) is 9.87. The van der Waals surface area contributed by atoms with Gasteiger partial charge >= 0.3 is 5.97 Å². The average molecular weight is 431 g/mol. The standard InChI is InChI=1S/C18H34N6O6/c1-3-10(2)15(18(29)30)24-14(26)9-22-17(28)12(6-4-5-7-19)23-16(27)11(20)8-13(21)25/h10-12,15H,3-9,19-20H2,1-2H3,(H2,21,25)(H,22,28)(H,23,27)(H,24,26)(H,29,30). The van der Waals surface area contributed by atoms with Gasteiger partial charge in [-0.3, -0.25) is 19.2 Å². The zero-order chi connectivity index (χ0) is 23.3. The summed E-state index contributed by atoms with van der Waals surface area (Å²) in [6, 6.07) is -3.28. The predicted molar refractivity (Wildman–Crippen MR) is 109 cm³/mol. The van der Waals surface area contributed by atoms with Crippen LogP contribution in [-0.2, 0) is 24.0 Å². The highest BCUT2D eigenvalue weighted by atomic mass is 16.4. The number of unbranched alkanes of at least 4 members (excludes halogenated alkanes) is 1. The molecule has 10 N–H and O–H groups in total. The summed E-state index contributed by atoms with van der Waals surface area (Å²) in [5, 5.41) is 16.4. The molecule has 4 atom stereocenters. The summed E-state index contributed by atoms with van der Waals surface area (Å²) < 4.78 is 0. The van der Waals surface area contributed by atoms with Crippen molar-refractivity contribution in [3.8, 4) is 0 Å². The number of hydrogen-bond donors (Lipinski definition) is 7. The van der Waals surface area contributed by atoms with E-state index in [1.165, 1.54) is 0 Å². The van der Waals surface area contributed by atoms with Crippen LogP contribution >= 0.6 is 0 Å². The molecule has 0 aromatic rings. The van der Waals surface area contributed by atoms with Crippen LogP contribution in [0.5, 0.6) is 0 Å². The minimum absolute atomic E-state index is 0.240. The van der Waals surface area contributed by atoms with Gasteiger partial charge in [0.25, 0.3) is 0 Å². The molecule has 0 saturated carbocycles. The van der Waals surface area contributed by atoms with E-state index in [9.17, 15) is 29.1 Å². The first kappa shape index (κ1) is 27.3. The molecule has 12 heteroatoms. The largest absolute Gasteiger partial charge is 0.480 e. The Kier molecular flexibility index (Phi) is 13.0. The molecule has 0 rings (SSSR count). The minimum atomic E-state index is -1.21. The number of carbonyl (C=O) groups excluding carboxylic acids is 4. The third-order valence-corrected chi connectivity index (χ3v) is 4.56. The third-order valence-electron chi connectivity index (χ3n) is 4.56. The number of hydrogen-bond acceptors (Lipinski definition) is 7. The van der Waals surface area contributed by atoms with Gasteiger partial charge in [-0.15, -0.1) is 0 Å². The van der Waals surface area contributed by atoms with Crippen LogP contribution in [0.4, 0.5) is 0 Å². The molecular weight excluding hydrogens is 396 g/mol. The van der Waals surface area contributed by atoms with Crippen LogP contribution in [0.25, 0.3) is 0 Å². The van der Waals surface area contributed by atoms with Gasteiger partial charge in [-0.05, 0) is 31.7 Å². The molecule has 0 aliphatic carbocycles. The van der Waals surface area contributed by atoms with Crippen LogP contribution in [0.2, 0.25) is 0 Å². The monoisotopic (exact) mass is 430 g/mol. The Morgan fingerprint density at radius 1 is 1.03 bits per heavy atom. The second-order valence-electron chi connectivity index (χ2n) is 7.11. The Bertz CT molecular complexity index is 614. The average Bonchev–Trinajstić information content (AvgIpc) is 2.67. The fraction of sp³-hybridized carbons (Fsp3) is 0.722. The maximum Gasteiger partial charge on any atom is 0.326 e. The summed E-state index contributed by atoms with van der Waals surface area (Å²) >= 11 is 0.